The Hall–Kier alpha value is -1.17. The van der Waals surface area contributed by atoms with E-state index >= 15 is 0 Å². The molecule has 0 heterocycles. The molecule has 0 radical (unpaired) electrons. The van der Waals surface area contributed by atoms with Crippen LogP contribution in [0.25, 0.3) is 0 Å². The van der Waals surface area contributed by atoms with Gasteiger partial charge >= 0.3 is 5.97 Å². The summed E-state index contributed by atoms with van der Waals surface area (Å²) in [6, 6.07) is 1.08. The van der Waals surface area contributed by atoms with Gasteiger partial charge in [0.25, 0.3) is 0 Å². The number of benzene rings is 1. The van der Waals surface area contributed by atoms with E-state index in [2.05, 4.69) is 15.9 Å². The molecule has 3 nitrogen and oxygen atoms in total. The van der Waals surface area contributed by atoms with E-state index in [1.807, 2.05) is 0 Å². The Balaban J connectivity index is 2.47. The van der Waals surface area contributed by atoms with Crippen molar-refractivity contribution in [3.05, 3.63) is 27.7 Å². The van der Waals surface area contributed by atoms with Gasteiger partial charge in [0, 0.05) is 17.5 Å². The molecule has 1 aromatic rings. The predicted molar refractivity (Wildman–Crippen MR) is 68.3 cm³/mol. The molecule has 1 fully saturated rings. The van der Waals surface area contributed by atoms with E-state index in [1.54, 1.807) is 0 Å². The number of halogens is 3. The molecular weight excluding hydrogens is 322 g/mol. The van der Waals surface area contributed by atoms with E-state index in [0.29, 0.717) is 0 Å². The molecule has 1 aliphatic rings. The number of hydrogen-bond acceptors (Lipinski definition) is 2. The monoisotopic (exact) mass is 334 g/mol. The summed E-state index contributed by atoms with van der Waals surface area (Å²) in [6.07, 6.45) is 1.35. The molecule has 6 heteroatoms. The first-order valence-electron chi connectivity index (χ1n) is 5.88. The van der Waals surface area contributed by atoms with Gasteiger partial charge in [0.2, 0.25) is 0 Å². The van der Waals surface area contributed by atoms with Crippen LogP contribution in [-0.4, -0.2) is 18.2 Å². The van der Waals surface area contributed by atoms with Gasteiger partial charge in [-0.05, 0) is 34.7 Å². The lowest BCUT2D eigenvalue weighted by Crippen LogP contribution is -2.13. The first kappa shape index (κ1) is 14.2. The molecular formula is C13H13BrF2O3. The molecule has 0 saturated heterocycles. The Labute approximate surface area is 117 Å². The van der Waals surface area contributed by atoms with Gasteiger partial charge in [-0.1, -0.05) is 0 Å². The fourth-order valence-electron chi connectivity index (χ4n) is 2.27. The summed E-state index contributed by atoms with van der Waals surface area (Å²) >= 11 is 3.02. The summed E-state index contributed by atoms with van der Waals surface area (Å²) in [6.45, 7) is 0. The average Bonchev–Trinajstić information content (AvgIpc) is 3.16. The number of carboxylic acids is 1. The van der Waals surface area contributed by atoms with Crippen LogP contribution in [0.15, 0.2) is 10.5 Å². The van der Waals surface area contributed by atoms with Crippen molar-refractivity contribution in [3.8, 4) is 5.75 Å². The van der Waals surface area contributed by atoms with Crippen LogP contribution in [-0.2, 0) is 4.79 Å². The molecule has 19 heavy (non-hydrogen) atoms. The number of rotatable bonds is 5. The van der Waals surface area contributed by atoms with Gasteiger partial charge in [-0.15, -0.1) is 0 Å². The average molecular weight is 335 g/mol. The first-order valence-corrected chi connectivity index (χ1v) is 6.68. The van der Waals surface area contributed by atoms with Crippen molar-refractivity contribution in [2.75, 3.05) is 7.11 Å². The number of carboxylic acid groups (broad SMARTS) is 1. The molecule has 0 aliphatic heterocycles. The van der Waals surface area contributed by atoms with Gasteiger partial charge in [0.05, 0.1) is 18.0 Å². The molecule has 1 aliphatic carbocycles. The smallest absolute Gasteiger partial charge is 0.303 e. The topological polar surface area (TPSA) is 46.5 Å². The Morgan fingerprint density at radius 2 is 2.21 bits per heavy atom. The molecule has 1 N–H and O–H groups in total. The van der Waals surface area contributed by atoms with E-state index in [-0.39, 0.29) is 28.1 Å². The summed E-state index contributed by atoms with van der Waals surface area (Å²) in [5, 5.41) is 8.89. The van der Waals surface area contributed by atoms with Crippen LogP contribution in [0, 0.1) is 17.6 Å². The van der Waals surface area contributed by atoms with Gasteiger partial charge in [-0.25, -0.2) is 8.78 Å². The quantitative estimate of drug-likeness (QED) is 0.835. The molecule has 0 spiro atoms. The number of ether oxygens (including phenoxy) is 1. The first-order chi connectivity index (χ1) is 8.95. The van der Waals surface area contributed by atoms with Gasteiger partial charge in [0.15, 0.2) is 0 Å². The Bertz CT molecular complexity index is 515. The maximum atomic E-state index is 14.2. The van der Waals surface area contributed by atoms with Crippen molar-refractivity contribution in [1.82, 2.24) is 0 Å². The molecule has 1 saturated carbocycles. The zero-order chi connectivity index (χ0) is 14.2. The number of aliphatic carboxylic acids is 1. The SMILES string of the molecule is COc1cc(F)c(C(CC(=O)O)C2CC2)c(F)c1Br. The maximum Gasteiger partial charge on any atom is 0.303 e. The maximum absolute atomic E-state index is 14.2. The lowest BCUT2D eigenvalue weighted by Gasteiger charge is -2.18. The molecule has 104 valence electrons. The van der Waals surface area contributed by atoms with Crippen LogP contribution in [0.1, 0.15) is 30.7 Å². The standard InChI is InChI=1S/C13H13BrF2O3/c1-19-9-5-8(15)11(13(16)12(9)14)7(4-10(17)18)6-2-3-6/h5-7H,2-4H2,1H3,(H,17,18). The molecule has 0 aromatic heterocycles. The van der Waals surface area contributed by atoms with Crippen LogP contribution in [0.2, 0.25) is 0 Å². The highest BCUT2D eigenvalue weighted by molar-refractivity contribution is 9.10. The third kappa shape index (κ3) is 2.88. The largest absolute Gasteiger partial charge is 0.495 e. The minimum absolute atomic E-state index is 0.0300. The number of methoxy groups -OCH3 is 1. The van der Waals surface area contributed by atoms with Crippen LogP contribution in [0.3, 0.4) is 0 Å². The van der Waals surface area contributed by atoms with E-state index in [1.165, 1.54) is 7.11 Å². The summed E-state index contributed by atoms with van der Waals surface area (Å²) in [5.41, 5.74) is -0.155. The van der Waals surface area contributed by atoms with Crippen molar-refractivity contribution in [2.45, 2.75) is 25.2 Å². The van der Waals surface area contributed by atoms with Crippen LogP contribution < -0.4 is 4.74 Å². The molecule has 0 bridgehead atoms. The summed E-state index contributed by atoms with van der Waals surface area (Å²) in [4.78, 5) is 10.9. The summed E-state index contributed by atoms with van der Waals surface area (Å²) in [7, 11) is 1.31. The second-order valence-electron chi connectivity index (χ2n) is 4.64. The second-order valence-corrected chi connectivity index (χ2v) is 5.44. The molecule has 1 atom stereocenters. The normalized spacial score (nSPS) is 16.2. The molecule has 1 unspecified atom stereocenters. The van der Waals surface area contributed by atoms with E-state index in [4.69, 9.17) is 9.84 Å². The highest BCUT2D eigenvalue weighted by Crippen LogP contribution is 2.47. The van der Waals surface area contributed by atoms with Crippen molar-refractivity contribution in [1.29, 1.82) is 0 Å². The Morgan fingerprint density at radius 1 is 1.58 bits per heavy atom. The van der Waals surface area contributed by atoms with E-state index in [9.17, 15) is 13.6 Å². The lowest BCUT2D eigenvalue weighted by molar-refractivity contribution is -0.137. The Morgan fingerprint density at radius 3 is 2.68 bits per heavy atom. The molecule has 1 aromatic carbocycles. The fourth-order valence-corrected chi connectivity index (χ4v) is 2.76. The predicted octanol–water partition coefficient (Wildman–Crippen LogP) is 3.70. The zero-order valence-corrected chi connectivity index (χ0v) is 11.8. The summed E-state index contributed by atoms with van der Waals surface area (Å²) < 4.78 is 33.2. The minimum Gasteiger partial charge on any atom is -0.495 e. The van der Waals surface area contributed by atoms with Gasteiger partial charge in [-0.2, -0.15) is 0 Å². The van der Waals surface area contributed by atoms with Crippen molar-refractivity contribution >= 4 is 21.9 Å². The van der Waals surface area contributed by atoms with Crippen LogP contribution >= 0.6 is 15.9 Å². The Kier molecular flexibility index (Phi) is 4.08. The van der Waals surface area contributed by atoms with E-state index < -0.39 is 23.5 Å². The number of carbonyl (C=O) groups is 1. The van der Waals surface area contributed by atoms with Gasteiger partial charge in [-0.3, -0.25) is 4.79 Å². The van der Waals surface area contributed by atoms with E-state index in [0.717, 1.165) is 18.9 Å². The van der Waals surface area contributed by atoms with Crippen molar-refractivity contribution in [3.63, 3.8) is 0 Å². The zero-order valence-electron chi connectivity index (χ0n) is 10.3. The minimum atomic E-state index is -1.05. The third-order valence-electron chi connectivity index (χ3n) is 3.34. The fraction of sp³-hybridized carbons (Fsp3) is 0.462. The lowest BCUT2D eigenvalue weighted by atomic mass is 9.90. The van der Waals surface area contributed by atoms with Crippen LogP contribution in [0.5, 0.6) is 5.75 Å². The van der Waals surface area contributed by atoms with Crippen LogP contribution in [0.4, 0.5) is 8.78 Å². The van der Waals surface area contributed by atoms with Crippen molar-refractivity contribution in [2.24, 2.45) is 5.92 Å². The highest BCUT2D eigenvalue weighted by Gasteiger charge is 2.38. The van der Waals surface area contributed by atoms with Gasteiger partial charge < -0.3 is 9.84 Å². The molecule has 2 rings (SSSR count). The van der Waals surface area contributed by atoms with Gasteiger partial charge in [0.1, 0.15) is 17.4 Å². The highest BCUT2D eigenvalue weighted by atomic mass is 79.9. The third-order valence-corrected chi connectivity index (χ3v) is 4.08. The molecule has 0 amide bonds. The second kappa shape index (κ2) is 5.45. The number of hydrogen-bond donors (Lipinski definition) is 1. The summed E-state index contributed by atoms with van der Waals surface area (Å²) in [5.74, 6) is -3.10. The van der Waals surface area contributed by atoms with Crippen molar-refractivity contribution < 1.29 is 23.4 Å².